The number of thiophene rings is 1. The molecule has 22 heavy (non-hydrogen) atoms. The van der Waals surface area contributed by atoms with E-state index in [1.807, 2.05) is 13.8 Å². The van der Waals surface area contributed by atoms with Gasteiger partial charge in [-0.1, -0.05) is 0 Å². The fraction of sp³-hybridized carbons (Fsp3) is 0.533. The molecule has 120 valence electrons. The Balaban J connectivity index is 2.54. The van der Waals surface area contributed by atoms with Crippen molar-refractivity contribution in [3.8, 4) is 0 Å². The minimum Gasteiger partial charge on any atom is -0.392 e. The number of nitrogens with zero attached hydrogens (tertiary/aromatic N) is 3. The first kappa shape index (κ1) is 16.6. The van der Waals surface area contributed by atoms with Crippen molar-refractivity contribution < 1.29 is 9.90 Å². The van der Waals surface area contributed by atoms with Gasteiger partial charge in [0.15, 0.2) is 0 Å². The molecule has 0 saturated heterocycles. The van der Waals surface area contributed by atoms with E-state index in [4.69, 9.17) is 0 Å². The number of fused-ring (bicyclic) bond motifs is 1. The second kappa shape index (κ2) is 6.18. The Labute approximate surface area is 133 Å². The Morgan fingerprint density at radius 3 is 2.64 bits per heavy atom. The van der Waals surface area contributed by atoms with Crippen LogP contribution in [-0.2, 0) is 7.05 Å². The molecule has 1 atom stereocenters. The number of hydrogen-bond acceptors (Lipinski definition) is 5. The fourth-order valence-electron chi connectivity index (χ4n) is 2.36. The average Bonchev–Trinajstić information content (AvgIpc) is 2.77. The quantitative estimate of drug-likeness (QED) is 0.926. The number of aliphatic hydroxyl groups is 1. The predicted molar refractivity (Wildman–Crippen MR) is 87.5 cm³/mol. The number of carbonyl (C=O) groups is 1. The zero-order valence-electron chi connectivity index (χ0n) is 13.5. The molecule has 6 nitrogen and oxygen atoms in total. The summed E-state index contributed by atoms with van der Waals surface area (Å²) in [6, 6.07) is -0.0393. The SMILES string of the molecule is Cc1c(C(=O)N(CC(C)O)C(C)C)sc2ncn(C)c(=O)c12. The van der Waals surface area contributed by atoms with Gasteiger partial charge in [-0.25, -0.2) is 4.98 Å². The number of hydrogen-bond donors (Lipinski definition) is 1. The minimum absolute atomic E-state index is 0.0393. The maximum absolute atomic E-state index is 12.8. The normalized spacial score (nSPS) is 12.9. The molecule has 1 amide bonds. The van der Waals surface area contributed by atoms with Gasteiger partial charge in [0.25, 0.3) is 11.5 Å². The number of aryl methyl sites for hydroxylation is 2. The summed E-state index contributed by atoms with van der Waals surface area (Å²) in [7, 11) is 1.64. The van der Waals surface area contributed by atoms with Gasteiger partial charge in [-0.05, 0) is 33.3 Å². The van der Waals surface area contributed by atoms with E-state index < -0.39 is 6.10 Å². The maximum Gasteiger partial charge on any atom is 0.264 e. The van der Waals surface area contributed by atoms with Gasteiger partial charge in [0.1, 0.15) is 4.83 Å². The molecular weight excluding hydrogens is 302 g/mol. The van der Waals surface area contributed by atoms with E-state index in [2.05, 4.69) is 4.98 Å². The Kier molecular flexibility index (Phi) is 4.67. The Bertz CT molecular complexity index is 761. The highest BCUT2D eigenvalue weighted by atomic mass is 32.1. The first-order valence-electron chi connectivity index (χ1n) is 7.17. The third-order valence-corrected chi connectivity index (χ3v) is 4.74. The summed E-state index contributed by atoms with van der Waals surface area (Å²) in [6.45, 7) is 7.49. The van der Waals surface area contributed by atoms with Crippen molar-refractivity contribution in [1.82, 2.24) is 14.5 Å². The van der Waals surface area contributed by atoms with E-state index in [0.717, 1.165) is 0 Å². The van der Waals surface area contributed by atoms with E-state index in [9.17, 15) is 14.7 Å². The molecule has 0 aliphatic heterocycles. The van der Waals surface area contributed by atoms with E-state index in [1.54, 1.807) is 25.8 Å². The van der Waals surface area contributed by atoms with Crippen molar-refractivity contribution in [2.45, 2.75) is 39.8 Å². The minimum atomic E-state index is -0.605. The van der Waals surface area contributed by atoms with Gasteiger partial charge in [0.2, 0.25) is 0 Å². The molecule has 2 rings (SSSR count). The highest BCUT2D eigenvalue weighted by molar-refractivity contribution is 7.20. The zero-order valence-corrected chi connectivity index (χ0v) is 14.3. The molecule has 2 aromatic heterocycles. The second-order valence-electron chi connectivity index (χ2n) is 5.80. The molecule has 0 bridgehead atoms. The predicted octanol–water partition coefficient (Wildman–Crippen LogP) is 1.53. The lowest BCUT2D eigenvalue weighted by Gasteiger charge is -2.27. The standard InChI is InChI=1S/C15H21N3O3S/c1-8(2)18(6-9(3)19)15(21)12-10(4)11-13(22-12)16-7-17(5)14(11)20/h7-9,19H,6H2,1-5H3. The molecule has 0 fully saturated rings. The summed E-state index contributed by atoms with van der Waals surface area (Å²) in [4.78, 5) is 32.0. The van der Waals surface area contributed by atoms with Crippen LogP contribution in [0.2, 0.25) is 0 Å². The molecule has 2 heterocycles. The van der Waals surface area contributed by atoms with Crippen molar-refractivity contribution in [2.75, 3.05) is 6.54 Å². The first-order chi connectivity index (χ1) is 10.2. The monoisotopic (exact) mass is 323 g/mol. The van der Waals surface area contributed by atoms with Crippen LogP contribution >= 0.6 is 11.3 Å². The van der Waals surface area contributed by atoms with Crippen molar-refractivity contribution in [3.63, 3.8) is 0 Å². The summed E-state index contributed by atoms with van der Waals surface area (Å²) >= 11 is 1.23. The number of amides is 1. The maximum atomic E-state index is 12.8. The highest BCUT2D eigenvalue weighted by Crippen LogP contribution is 2.28. The summed E-state index contributed by atoms with van der Waals surface area (Å²) < 4.78 is 1.41. The molecule has 1 unspecified atom stereocenters. The van der Waals surface area contributed by atoms with Gasteiger partial charge in [0.05, 0.1) is 22.7 Å². The second-order valence-corrected chi connectivity index (χ2v) is 6.80. The zero-order chi connectivity index (χ0) is 16.6. The Morgan fingerprint density at radius 1 is 1.45 bits per heavy atom. The van der Waals surface area contributed by atoms with Crippen LogP contribution in [0, 0.1) is 6.92 Å². The first-order valence-corrected chi connectivity index (χ1v) is 7.99. The summed E-state index contributed by atoms with van der Waals surface area (Å²) in [5, 5.41) is 10.1. The lowest BCUT2D eigenvalue weighted by molar-refractivity contribution is 0.0583. The number of aliphatic hydroxyl groups excluding tert-OH is 1. The summed E-state index contributed by atoms with van der Waals surface area (Å²) in [5.74, 6) is -0.168. The fourth-order valence-corrected chi connectivity index (χ4v) is 3.45. The van der Waals surface area contributed by atoms with E-state index >= 15 is 0 Å². The average molecular weight is 323 g/mol. The van der Waals surface area contributed by atoms with Crippen molar-refractivity contribution in [3.05, 3.63) is 27.1 Å². The van der Waals surface area contributed by atoms with Gasteiger partial charge in [0, 0.05) is 19.6 Å². The molecule has 0 radical (unpaired) electrons. The van der Waals surface area contributed by atoms with Gasteiger partial charge in [-0.15, -0.1) is 11.3 Å². The van der Waals surface area contributed by atoms with Crippen LogP contribution in [-0.4, -0.2) is 44.2 Å². The summed E-state index contributed by atoms with van der Waals surface area (Å²) in [5.41, 5.74) is 0.513. The highest BCUT2D eigenvalue weighted by Gasteiger charge is 2.25. The van der Waals surface area contributed by atoms with Crippen molar-refractivity contribution in [2.24, 2.45) is 7.05 Å². The van der Waals surface area contributed by atoms with Crippen LogP contribution in [0.4, 0.5) is 0 Å². The van der Waals surface area contributed by atoms with Gasteiger partial charge < -0.3 is 14.6 Å². The van der Waals surface area contributed by atoms with Crippen LogP contribution < -0.4 is 5.56 Å². The number of carbonyl (C=O) groups excluding carboxylic acids is 1. The van der Waals surface area contributed by atoms with Gasteiger partial charge in [-0.3, -0.25) is 9.59 Å². The third-order valence-electron chi connectivity index (χ3n) is 3.55. The molecule has 1 N–H and O–H groups in total. The van der Waals surface area contributed by atoms with E-state index in [-0.39, 0.29) is 24.1 Å². The van der Waals surface area contributed by atoms with Crippen LogP contribution in [0.1, 0.15) is 36.0 Å². The molecule has 0 spiro atoms. The van der Waals surface area contributed by atoms with Gasteiger partial charge >= 0.3 is 0 Å². The van der Waals surface area contributed by atoms with Gasteiger partial charge in [-0.2, -0.15) is 0 Å². The molecule has 7 heteroatoms. The van der Waals surface area contributed by atoms with E-state index in [1.165, 1.54) is 22.2 Å². The molecule has 0 aromatic carbocycles. The molecule has 0 aliphatic rings. The lowest BCUT2D eigenvalue weighted by Crippen LogP contribution is -2.41. The summed E-state index contributed by atoms with van der Waals surface area (Å²) in [6.07, 6.45) is 0.859. The van der Waals surface area contributed by atoms with Crippen LogP contribution in [0.15, 0.2) is 11.1 Å². The molecule has 0 aliphatic carbocycles. The van der Waals surface area contributed by atoms with Crippen LogP contribution in [0.3, 0.4) is 0 Å². The van der Waals surface area contributed by atoms with Crippen molar-refractivity contribution in [1.29, 1.82) is 0 Å². The Morgan fingerprint density at radius 2 is 2.09 bits per heavy atom. The van der Waals surface area contributed by atoms with Crippen LogP contribution in [0.5, 0.6) is 0 Å². The van der Waals surface area contributed by atoms with Crippen molar-refractivity contribution >= 4 is 27.5 Å². The molecule has 2 aromatic rings. The Hall–Kier alpha value is -1.73. The topological polar surface area (TPSA) is 75.4 Å². The van der Waals surface area contributed by atoms with E-state index in [0.29, 0.717) is 20.7 Å². The number of rotatable bonds is 4. The number of aromatic nitrogens is 2. The third kappa shape index (κ3) is 2.91. The van der Waals surface area contributed by atoms with Crippen LogP contribution in [0.25, 0.3) is 10.2 Å². The molecular formula is C15H21N3O3S. The smallest absolute Gasteiger partial charge is 0.264 e. The molecule has 0 saturated carbocycles. The largest absolute Gasteiger partial charge is 0.392 e. The lowest BCUT2D eigenvalue weighted by atomic mass is 10.1.